The SMILES string of the molecule is COC1CCN(C(=O)c2ccc(C)cc2)C(CN)C1. The second-order valence-corrected chi connectivity index (χ2v) is 5.14. The molecule has 0 spiro atoms. The van der Waals surface area contributed by atoms with Crippen LogP contribution in [0.3, 0.4) is 0 Å². The van der Waals surface area contributed by atoms with Crippen molar-refractivity contribution in [1.82, 2.24) is 4.90 Å². The Morgan fingerprint density at radius 3 is 2.68 bits per heavy atom. The first-order valence-electron chi connectivity index (χ1n) is 6.76. The normalized spacial score (nSPS) is 23.4. The number of methoxy groups -OCH3 is 1. The highest BCUT2D eigenvalue weighted by Gasteiger charge is 2.31. The predicted molar refractivity (Wildman–Crippen MR) is 75.1 cm³/mol. The van der Waals surface area contributed by atoms with Gasteiger partial charge >= 0.3 is 0 Å². The predicted octanol–water partition coefficient (Wildman–Crippen LogP) is 1.57. The molecule has 1 saturated heterocycles. The molecule has 1 aromatic carbocycles. The first-order valence-corrected chi connectivity index (χ1v) is 6.76. The van der Waals surface area contributed by atoms with E-state index in [1.54, 1.807) is 7.11 Å². The minimum atomic E-state index is 0.0741. The van der Waals surface area contributed by atoms with E-state index in [-0.39, 0.29) is 18.1 Å². The minimum Gasteiger partial charge on any atom is -0.381 e. The molecule has 1 amide bonds. The van der Waals surface area contributed by atoms with Gasteiger partial charge in [-0.05, 0) is 31.9 Å². The number of carbonyl (C=O) groups is 1. The first-order chi connectivity index (χ1) is 9.15. The Morgan fingerprint density at radius 1 is 1.42 bits per heavy atom. The molecule has 1 aromatic rings. The number of nitrogens with zero attached hydrogens (tertiary/aromatic N) is 1. The number of rotatable bonds is 3. The third kappa shape index (κ3) is 3.14. The molecule has 2 rings (SSSR count). The lowest BCUT2D eigenvalue weighted by molar-refractivity contribution is 0.0139. The molecular weight excluding hydrogens is 240 g/mol. The second-order valence-electron chi connectivity index (χ2n) is 5.14. The first kappa shape index (κ1) is 14.0. The Balaban J connectivity index is 2.11. The second kappa shape index (κ2) is 6.17. The van der Waals surface area contributed by atoms with E-state index in [9.17, 15) is 4.79 Å². The number of piperidine rings is 1. The summed E-state index contributed by atoms with van der Waals surface area (Å²) in [4.78, 5) is 14.4. The van der Waals surface area contributed by atoms with Gasteiger partial charge in [0.2, 0.25) is 0 Å². The Kier molecular flexibility index (Phi) is 4.56. The molecule has 0 saturated carbocycles. The summed E-state index contributed by atoms with van der Waals surface area (Å²) in [6, 6.07) is 7.77. The number of amides is 1. The lowest BCUT2D eigenvalue weighted by Crippen LogP contribution is -2.51. The molecule has 1 aliphatic heterocycles. The van der Waals surface area contributed by atoms with E-state index in [1.807, 2.05) is 36.1 Å². The molecule has 4 nitrogen and oxygen atoms in total. The minimum absolute atomic E-state index is 0.0741. The number of likely N-dealkylation sites (tertiary alicyclic amines) is 1. The standard InChI is InChI=1S/C15H22N2O2/c1-11-3-5-12(6-4-11)15(18)17-8-7-14(19-2)9-13(17)10-16/h3-6,13-14H,7-10,16H2,1-2H3. The van der Waals surface area contributed by atoms with Crippen molar-refractivity contribution in [2.24, 2.45) is 5.73 Å². The average molecular weight is 262 g/mol. The topological polar surface area (TPSA) is 55.6 Å². The number of ether oxygens (including phenoxy) is 1. The van der Waals surface area contributed by atoms with Crippen molar-refractivity contribution in [3.8, 4) is 0 Å². The summed E-state index contributed by atoms with van der Waals surface area (Å²) in [7, 11) is 1.72. The molecule has 1 aliphatic rings. The van der Waals surface area contributed by atoms with E-state index < -0.39 is 0 Å². The maximum atomic E-state index is 12.5. The van der Waals surface area contributed by atoms with Gasteiger partial charge in [0.15, 0.2) is 0 Å². The van der Waals surface area contributed by atoms with Crippen LogP contribution in [0.1, 0.15) is 28.8 Å². The van der Waals surface area contributed by atoms with Crippen molar-refractivity contribution in [2.45, 2.75) is 31.9 Å². The van der Waals surface area contributed by atoms with Crippen molar-refractivity contribution >= 4 is 5.91 Å². The van der Waals surface area contributed by atoms with E-state index >= 15 is 0 Å². The quantitative estimate of drug-likeness (QED) is 0.899. The highest BCUT2D eigenvalue weighted by Crippen LogP contribution is 2.21. The van der Waals surface area contributed by atoms with E-state index in [0.29, 0.717) is 13.1 Å². The lowest BCUT2D eigenvalue weighted by Gasteiger charge is -2.38. The Morgan fingerprint density at radius 2 is 2.11 bits per heavy atom. The summed E-state index contributed by atoms with van der Waals surface area (Å²) in [5.41, 5.74) is 7.69. The Labute approximate surface area is 114 Å². The van der Waals surface area contributed by atoms with Crippen LogP contribution >= 0.6 is 0 Å². The van der Waals surface area contributed by atoms with Crippen molar-refractivity contribution in [1.29, 1.82) is 0 Å². The average Bonchev–Trinajstić information content (AvgIpc) is 2.46. The molecule has 2 atom stereocenters. The van der Waals surface area contributed by atoms with Crippen LogP contribution in [0.2, 0.25) is 0 Å². The molecule has 2 unspecified atom stereocenters. The van der Waals surface area contributed by atoms with E-state index in [4.69, 9.17) is 10.5 Å². The molecule has 19 heavy (non-hydrogen) atoms. The molecule has 2 N–H and O–H groups in total. The Hall–Kier alpha value is -1.39. The van der Waals surface area contributed by atoms with Crippen LogP contribution in [0, 0.1) is 6.92 Å². The number of carbonyl (C=O) groups excluding carboxylic acids is 1. The molecular formula is C15H22N2O2. The fourth-order valence-corrected chi connectivity index (χ4v) is 2.58. The summed E-state index contributed by atoms with van der Waals surface area (Å²) in [5, 5.41) is 0. The van der Waals surface area contributed by atoms with E-state index in [0.717, 1.165) is 24.0 Å². The maximum absolute atomic E-state index is 12.5. The summed E-state index contributed by atoms with van der Waals surface area (Å²) in [5.74, 6) is 0.0741. The molecule has 1 fully saturated rings. The molecule has 4 heteroatoms. The zero-order valence-electron chi connectivity index (χ0n) is 11.6. The zero-order valence-corrected chi connectivity index (χ0v) is 11.6. The van der Waals surface area contributed by atoms with Crippen molar-refractivity contribution in [2.75, 3.05) is 20.2 Å². The number of aryl methyl sites for hydroxylation is 1. The maximum Gasteiger partial charge on any atom is 0.254 e. The summed E-state index contributed by atoms with van der Waals surface area (Å²) >= 11 is 0. The number of hydrogen-bond donors (Lipinski definition) is 1. The lowest BCUT2D eigenvalue weighted by atomic mass is 9.98. The third-order valence-electron chi connectivity index (χ3n) is 3.83. The van der Waals surface area contributed by atoms with Gasteiger partial charge in [-0.25, -0.2) is 0 Å². The number of benzene rings is 1. The number of hydrogen-bond acceptors (Lipinski definition) is 3. The van der Waals surface area contributed by atoms with Gasteiger partial charge in [0.05, 0.1) is 6.10 Å². The van der Waals surface area contributed by atoms with Gasteiger partial charge < -0.3 is 15.4 Å². The molecule has 0 aliphatic carbocycles. The fraction of sp³-hybridized carbons (Fsp3) is 0.533. The van der Waals surface area contributed by atoms with Gasteiger partial charge in [-0.2, -0.15) is 0 Å². The van der Waals surface area contributed by atoms with Gasteiger partial charge in [-0.3, -0.25) is 4.79 Å². The van der Waals surface area contributed by atoms with Gasteiger partial charge in [0.1, 0.15) is 0 Å². The molecule has 104 valence electrons. The highest BCUT2D eigenvalue weighted by atomic mass is 16.5. The molecule has 0 radical (unpaired) electrons. The zero-order chi connectivity index (χ0) is 13.8. The van der Waals surface area contributed by atoms with Crippen LogP contribution in [0.5, 0.6) is 0 Å². The van der Waals surface area contributed by atoms with Crippen LogP contribution in [-0.2, 0) is 4.74 Å². The van der Waals surface area contributed by atoms with Gasteiger partial charge in [0, 0.05) is 31.8 Å². The van der Waals surface area contributed by atoms with Gasteiger partial charge in [-0.1, -0.05) is 17.7 Å². The van der Waals surface area contributed by atoms with Crippen LogP contribution in [0.25, 0.3) is 0 Å². The highest BCUT2D eigenvalue weighted by molar-refractivity contribution is 5.94. The van der Waals surface area contributed by atoms with Crippen LogP contribution in [-0.4, -0.2) is 43.2 Å². The third-order valence-corrected chi connectivity index (χ3v) is 3.83. The number of nitrogens with two attached hydrogens (primary N) is 1. The van der Waals surface area contributed by atoms with Crippen molar-refractivity contribution < 1.29 is 9.53 Å². The fourth-order valence-electron chi connectivity index (χ4n) is 2.58. The van der Waals surface area contributed by atoms with E-state index in [1.165, 1.54) is 0 Å². The monoisotopic (exact) mass is 262 g/mol. The van der Waals surface area contributed by atoms with Crippen LogP contribution < -0.4 is 5.73 Å². The molecule has 1 heterocycles. The smallest absolute Gasteiger partial charge is 0.254 e. The summed E-state index contributed by atoms with van der Waals surface area (Å²) < 4.78 is 5.38. The van der Waals surface area contributed by atoms with Gasteiger partial charge in [0.25, 0.3) is 5.91 Å². The summed E-state index contributed by atoms with van der Waals surface area (Å²) in [6.45, 7) is 3.21. The molecule has 0 bridgehead atoms. The van der Waals surface area contributed by atoms with Crippen LogP contribution in [0.4, 0.5) is 0 Å². The van der Waals surface area contributed by atoms with E-state index in [2.05, 4.69) is 0 Å². The largest absolute Gasteiger partial charge is 0.381 e. The van der Waals surface area contributed by atoms with Crippen LogP contribution in [0.15, 0.2) is 24.3 Å². The Bertz CT molecular complexity index is 430. The molecule has 0 aromatic heterocycles. The summed E-state index contributed by atoms with van der Waals surface area (Å²) in [6.07, 6.45) is 1.92. The van der Waals surface area contributed by atoms with Crippen molar-refractivity contribution in [3.63, 3.8) is 0 Å². The van der Waals surface area contributed by atoms with Gasteiger partial charge in [-0.15, -0.1) is 0 Å². The van der Waals surface area contributed by atoms with Crippen molar-refractivity contribution in [3.05, 3.63) is 35.4 Å².